The van der Waals surface area contributed by atoms with Crippen LogP contribution in [0.4, 0.5) is 10.1 Å². The van der Waals surface area contributed by atoms with E-state index in [9.17, 15) is 9.59 Å². The first-order valence-corrected chi connectivity index (χ1v) is 15.9. The quantitative estimate of drug-likeness (QED) is 0.230. The minimum Gasteiger partial charge on any atom is -0.476 e. The normalized spacial score (nSPS) is 24.4. The van der Waals surface area contributed by atoms with Crippen molar-refractivity contribution in [3.63, 3.8) is 0 Å². The average Bonchev–Trinajstić information content (AvgIpc) is 3.76. The predicted molar refractivity (Wildman–Crippen MR) is 171 cm³/mol. The van der Waals surface area contributed by atoms with Gasteiger partial charge in [-0.1, -0.05) is 41.4 Å². The number of aryl methyl sites for hydroxylation is 1. The molecule has 1 saturated heterocycles. The van der Waals surface area contributed by atoms with E-state index < -0.39 is 23.2 Å². The number of methoxy groups -OCH3 is 1. The number of amides is 1. The summed E-state index contributed by atoms with van der Waals surface area (Å²) < 4.78 is 29.5. The van der Waals surface area contributed by atoms with Gasteiger partial charge in [0.05, 0.1) is 34.6 Å². The summed E-state index contributed by atoms with van der Waals surface area (Å²) >= 11 is 12.6. The molecule has 8 nitrogen and oxygen atoms in total. The summed E-state index contributed by atoms with van der Waals surface area (Å²) in [6.07, 6.45) is 2.14. The number of nitrogens with zero attached hydrogens (tertiary/aromatic N) is 3. The molecule has 4 atom stereocenters. The number of carbonyl (C=O) groups is 2. The van der Waals surface area contributed by atoms with Gasteiger partial charge in [0.15, 0.2) is 0 Å². The lowest BCUT2D eigenvalue weighted by atomic mass is 9.74. The van der Waals surface area contributed by atoms with Gasteiger partial charge in [0.25, 0.3) is 0 Å². The third-order valence-electron chi connectivity index (χ3n) is 9.84. The number of ether oxygens (including phenoxy) is 2. The van der Waals surface area contributed by atoms with Gasteiger partial charge >= 0.3 is 5.97 Å². The van der Waals surface area contributed by atoms with Crippen molar-refractivity contribution in [2.75, 3.05) is 25.6 Å². The van der Waals surface area contributed by atoms with E-state index in [1.165, 1.54) is 13.2 Å². The molecule has 1 saturated carbocycles. The zero-order valence-electron chi connectivity index (χ0n) is 25.1. The van der Waals surface area contributed by atoms with Crippen LogP contribution >= 0.6 is 23.2 Å². The molecule has 0 radical (unpaired) electrons. The molecule has 3 heterocycles. The van der Waals surface area contributed by atoms with Crippen molar-refractivity contribution in [3.8, 4) is 5.88 Å². The Balaban J connectivity index is 1.38. The van der Waals surface area contributed by atoms with Crippen LogP contribution in [0.15, 0.2) is 54.6 Å². The third-order valence-corrected chi connectivity index (χ3v) is 10.4. The second-order valence-electron chi connectivity index (χ2n) is 12.5. The average molecular weight is 652 g/mol. The molecule has 11 heteroatoms. The zero-order chi connectivity index (χ0) is 31.6. The summed E-state index contributed by atoms with van der Waals surface area (Å²) in [6.45, 7) is 5.03. The minimum absolute atomic E-state index is 0.00338. The van der Waals surface area contributed by atoms with Crippen LogP contribution in [-0.2, 0) is 16.1 Å². The maximum absolute atomic E-state index is 16.1. The SMILES string of the molecule is COC(=O)c1ccc2nn3c(c2c1C)OC[C@H]1[C@@H](C3)[C@H](c2cccc(Cl)c2F)[C@](C)(C(=O)Nc2cccc(Cl)c2)N1CC1CC1. The fraction of sp³-hybridized carbons (Fsp3) is 0.382. The van der Waals surface area contributed by atoms with E-state index in [2.05, 4.69) is 10.2 Å². The van der Waals surface area contributed by atoms with Gasteiger partial charge in [-0.3, -0.25) is 9.69 Å². The lowest BCUT2D eigenvalue weighted by Crippen LogP contribution is -2.57. The van der Waals surface area contributed by atoms with E-state index in [-0.39, 0.29) is 29.5 Å². The molecule has 7 rings (SSSR count). The van der Waals surface area contributed by atoms with Gasteiger partial charge in [0, 0.05) is 35.6 Å². The van der Waals surface area contributed by atoms with E-state index >= 15 is 4.39 Å². The van der Waals surface area contributed by atoms with Crippen LogP contribution < -0.4 is 10.1 Å². The first-order valence-electron chi connectivity index (χ1n) is 15.1. The molecule has 2 fully saturated rings. The summed E-state index contributed by atoms with van der Waals surface area (Å²) in [5, 5.41) is 9.21. The standard InChI is InChI=1S/C34H33Cl2FN4O4/c1-18-22(32(42)44-3)12-13-26-28(18)31-41(39-26)16-24-27(17-45-31)40(15-19-10-11-19)34(2,29(24)23-8-5-9-25(36)30(23)37)33(43)38-21-7-4-6-20(35)14-21/h4-9,12-14,19,24,27,29H,10-11,15-17H2,1-3H3,(H,38,43)/t24-,27+,29+,34-/m1/s1. The fourth-order valence-corrected chi connectivity index (χ4v) is 7.82. The highest BCUT2D eigenvalue weighted by Gasteiger charge is 2.62. The van der Waals surface area contributed by atoms with Gasteiger partial charge in [0.1, 0.15) is 18.0 Å². The number of hydrogen-bond acceptors (Lipinski definition) is 6. The van der Waals surface area contributed by atoms with Crippen LogP contribution in [0.3, 0.4) is 0 Å². The van der Waals surface area contributed by atoms with Crippen molar-refractivity contribution in [3.05, 3.63) is 87.2 Å². The zero-order valence-corrected chi connectivity index (χ0v) is 26.7. The number of fused-ring (bicyclic) bond motifs is 4. The number of aromatic nitrogens is 2. The molecule has 234 valence electrons. The van der Waals surface area contributed by atoms with Gasteiger partial charge in [-0.25, -0.2) is 13.9 Å². The molecular formula is C34H33Cl2FN4O4. The Morgan fingerprint density at radius 3 is 2.67 bits per heavy atom. The van der Waals surface area contributed by atoms with Crippen molar-refractivity contribution in [1.82, 2.24) is 14.7 Å². The molecular weight excluding hydrogens is 618 g/mol. The van der Waals surface area contributed by atoms with Crippen LogP contribution in [0.1, 0.15) is 47.2 Å². The van der Waals surface area contributed by atoms with E-state index in [0.717, 1.165) is 18.2 Å². The molecule has 1 aliphatic carbocycles. The maximum atomic E-state index is 16.1. The van der Waals surface area contributed by atoms with E-state index in [4.69, 9.17) is 37.8 Å². The molecule has 0 bridgehead atoms. The first kappa shape index (κ1) is 30.0. The Morgan fingerprint density at radius 2 is 1.93 bits per heavy atom. The van der Waals surface area contributed by atoms with Crippen LogP contribution in [0.25, 0.3) is 10.9 Å². The Kier molecular flexibility index (Phi) is 7.54. The predicted octanol–water partition coefficient (Wildman–Crippen LogP) is 6.86. The summed E-state index contributed by atoms with van der Waals surface area (Å²) in [5.74, 6) is -1.13. The highest BCUT2D eigenvalue weighted by molar-refractivity contribution is 6.31. The van der Waals surface area contributed by atoms with Crippen molar-refractivity contribution in [2.45, 2.75) is 50.7 Å². The molecule has 1 N–H and O–H groups in total. The van der Waals surface area contributed by atoms with Gasteiger partial charge in [-0.05, 0) is 80.1 Å². The largest absolute Gasteiger partial charge is 0.476 e. The number of benzene rings is 3. The summed E-state index contributed by atoms with van der Waals surface area (Å²) in [4.78, 5) is 29.3. The lowest BCUT2D eigenvalue weighted by Gasteiger charge is -2.40. The number of nitrogens with one attached hydrogen (secondary N) is 1. The van der Waals surface area contributed by atoms with Crippen molar-refractivity contribution >= 4 is 51.7 Å². The number of esters is 1. The maximum Gasteiger partial charge on any atom is 0.338 e. The molecule has 1 amide bonds. The number of carbonyl (C=O) groups excluding carboxylic acids is 2. The fourth-order valence-electron chi connectivity index (χ4n) is 7.45. The summed E-state index contributed by atoms with van der Waals surface area (Å²) in [7, 11) is 1.35. The number of rotatable bonds is 6. The van der Waals surface area contributed by atoms with Gasteiger partial charge < -0.3 is 14.8 Å². The highest BCUT2D eigenvalue weighted by Crippen LogP contribution is 2.54. The number of anilines is 1. The Morgan fingerprint density at radius 1 is 1.16 bits per heavy atom. The lowest BCUT2D eigenvalue weighted by molar-refractivity contribution is -0.127. The minimum atomic E-state index is -1.17. The number of hydrogen-bond donors (Lipinski definition) is 1. The van der Waals surface area contributed by atoms with Crippen molar-refractivity contribution in [1.29, 1.82) is 0 Å². The van der Waals surface area contributed by atoms with Crippen LogP contribution in [0, 0.1) is 24.6 Å². The van der Waals surface area contributed by atoms with Crippen LogP contribution in [-0.4, -0.2) is 58.4 Å². The Bertz CT molecular complexity index is 1840. The highest BCUT2D eigenvalue weighted by atomic mass is 35.5. The smallest absolute Gasteiger partial charge is 0.338 e. The Hall–Kier alpha value is -3.66. The van der Waals surface area contributed by atoms with Crippen molar-refractivity contribution < 1.29 is 23.5 Å². The van der Waals surface area contributed by atoms with E-state index in [1.807, 2.05) is 13.8 Å². The summed E-state index contributed by atoms with van der Waals surface area (Å²) in [5.41, 5.74) is 1.59. The molecule has 2 aliphatic heterocycles. The van der Waals surface area contributed by atoms with E-state index in [0.29, 0.717) is 57.8 Å². The van der Waals surface area contributed by atoms with Crippen LogP contribution in [0.5, 0.6) is 5.88 Å². The molecule has 3 aromatic carbocycles. The van der Waals surface area contributed by atoms with Crippen molar-refractivity contribution in [2.24, 2.45) is 11.8 Å². The monoisotopic (exact) mass is 650 g/mol. The first-order chi connectivity index (χ1) is 21.6. The van der Waals surface area contributed by atoms with Gasteiger partial charge in [-0.2, -0.15) is 5.10 Å². The van der Waals surface area contributed by atoms with Gasteiger partial charge in [0.2, 0.25) is 11.8 Å². The second kappa shape index (κ2) is 11.3. The van der Waals surface area contributed by atoms with Crippen LogP contribution in [0.2, 0.25) is 10.0 Å². The Labute approximate surface area is 270 Å². The molecule has 3 aliphatic rings. The van der Waals surface area contributed by atoms with E-state index in [1.54, 1.807) is 53.2 Å². The molecule has 1 aromatic heterocycles. The number of halogens is 3. The molecule has 0 spiro atoms. The molecule has 4 aromatic rings. The summed E-state index contributed by atoms with van der Waals surface area (Å²) in [6, 6.07) is 15.2. The molecule has 0 unspecified atom stereocenters. The molecule has 45 heavy (non-hydrogen) atoms. The van der Waals surface area contributed by atoms with Gasteiger partial charge in [-0.15, -0.1) is 0 Å². The third kappa shape index (κ3) is 4.96. The topological polar surface area (TPSA) is 85.7 Å². The number of likely N-dealkylation sites (tertiary alicyclic amines) is 1. The second-order valence-corrected chi connectivity index (χ2v) is 13.3.